The van der Waals surface area contributed by atoms with Gasteiger partial charge in [-0.05, 0) is 42.0 Å². The van der Waals surface area contributed by atoms with Crippen LogP contribution in [0.2, 0.25) is 10.0 Å². The predicted molar refractivity (Wildman–Crippen MR) is 99.5 cm³/mol. The van der Waals surface area contributed by atoms with E-state index in [1.165, 1.54) is 12.1 Å². The summed E-state index contributed by atoms with van der Waals surface area (Å²) < 4.78 is 0. The highest BCUT2D eigenvalue weighted by atomic mass is 35.5. The largest absolute Gasteiger partial charge is 0.378 e. The summed E-state index contributed by atoms with van der Waals surface area (Å²) in [5.74, 6) is -0.507. The van der Waals surface area contributed by atoms with E-state index in [0.29, 0.717) is 15.7 Å². The fourth-order valence-electron chi connectivity index (χ4n) is 1.96. The molecule has 2 aromatic carbocycles. The van der Waals surface area contributed by atoms with Gasteiger partial charge in [-0.25, -0.2) is 0 Å². The molecule has 0 aromatic heterocycles. The Bertz CT molecular complexity index is 821. The molecule has 0 atom stereocenters. The van der Waals surface area contributed by atoms with E-state index in [9.17, 15) is 10.1 Å². The second-order valence-electron chi connectivity index (χ2n) is 5.24. The smallest absolute Gasteiger partial charge is 0.266 e. The summed E-state index contributed by atoms with van der Waals surface area (Å²) in [6, 6.07) is 14.2. The number of amides is 1. The van der Waals surface area contributed by atoms with Gasteiger partial charge in [0.05, 0.1) is 10.0 Å². The molecule has 1 N–H and O–H groups in total. The molecule has 0 heterocycles. The molecule has 1 amide bonds. The lowest BCUT2D eigenvalue weighted by atomic mass is 10.1. The molecule has 2 aromatic rings. The Morgan fingerprint density at radius 2 is 1.79 bits per heavy atom. The van der Waals surface area contributed by atoms with Gasteiger partial charge in [-0.15, -0.1) is 0 Å². The van der Waals surface area contributed by atoms with Gasteiger partial charge >= 0.3 is 0 Å². The summed E-state index contributed by atoms with van der Waals surface area (Å²) in [5.41, 5.74) is 2.27. The first-order valence-corrected chi connectivity index (χ1v) is 7.82. The van der Waals surface area contributed by atoms with E-state index in [1.54, 1.807) is 12.1 Å². The van der Waals surface area contributed by atoms with Crippen LogP contribution < -0.4 is 10.2 Å². The highest BCUT2D eigenvalue weighted by molar-refractivity contribution is 6.42. The van der Waals surface area contributed by atoms with Gasteiger partial charge < -0.3 is 10.2 Å². The van der Waals surface area contributed by atoms with Crippen LogP contribution in [-0.2, 0) is 4.79 Å². The lowest BCUT2D eigenvalue weighted by molar-refractivity contribution is -0.112. The van der Waals surface area contributed by atoms with Crippen molar-refractivity contribution in [3.63, 3.8) is 0 Å². The molecule has 0 bridgehead atoms. The Hall–Kier alpha value is -2.48. The van der Waals surface area contributed by atoms with Gasteiger partial charge in [0, 0.05) is 25.5 Å². The highest BCUT2D eigenvalue weighted by Crippen LogP contribution is 2.25. The number of hydrogen-bond donors (Lipinski definition) is 1. The summed E-state index contributed by atoms with van der Waals surface area (Å²) in [5, 5.41) is 12.6. The van der Waals surface area contributed by atoms with Crippen molar-refractivity contribution in [1.29, 1.82) is 5.26 Å². The monoisotopic (exact) mass is 359 g/mol. The maximum atomic E-state index is 12.2. The SMILES string of the molecule is CN(C)c1ccc(/C=C(/C#N)C(=O)Nc2ccc(Cl)c(Cl)c2)cc1. The Morgan fingerprint density at radius 1 is 1.12 bits per heavy atom. The molecule has 0 fully saturated rings. The molecule has 24 heavy (non-hydrogen) atoms. The van der Waals surface area contributed by atoms with Gasteiger partial charge in [0.25, 0.3) is 5.91 Å². The third kappa shape index (κ3) is 4.51. The fourth-order valence-corrected chi connectivity index (χ4v) is 2.25. The van der Waals surface area contributed by atoms with Gasteiger partial charge in [-0.3, -0.25) is 4.79 Å². The normalized spacial score (nSPS) is 10.9. The van der Waals surface area contributed by atoms with E-state index < -0.39 is 5.91 Å². The molecular weight excluding hydrogens is 345 g/mol. The minimum Gasteiger partial charge on any atom is -0.378 e. The zero-order chi connectivity index (χ0) is 17.7. The first-order valence-electron chi connectivity index (χ1n) is 7.06. The maximum Gasteiger partial charge on any atom is 0.266 e. The molecule has 0 unspecified atom stereocenters. The summed E-state index contributed by atoms with van der Waals surface area (Å²) in [6.45, 7) is 0. The van der Waals surface area contributed by atoms with Crippen LogP contribution in [0, 0.1) is 11.3 Å². The van der Waals surface area contributed by atoms with Crippen LogP contribution in [0.5, 0.6) is 0 Å². The van der Waals surface area contributed by atoms with Crippen molar-refractivity contribution in [3.05, 3.63) is 63.6 Å². The van der Waals surface area contributed by atoms with Gasteiger partial charge in [-0.1, -0.05) is 35.3 Å². The van der Waals surface area contributed by atoms with Crippen LogP contribution >= 0.6 is 23.2 Å². The van der Waals surface area contributed by atoms with Gasteiger partial charge in [-0.2, -0.15) is 5.26 Å². The average Bonchev–Trinajstić information content (AvgIpc) is 2.56. The third-order valence-electron chi connectivity index (χ3n) is 3.26. The molecule has 0 saturated carbocycles. The third-order valence-corrected chi connectivity index (χ3v) is 4.00. The van der Waals surface area contributed by atoms with Crippen molar-refractivity contribution in [2.45, 2.75) is 0 Å². The Morgan fingerprint density at radius 3 is 2.33 bits per heavy atom. The van der Waals surface area contributed by atoms with Gasteiger partial charge in [0.15, 0.2) is 0 Å². The van der Waals surface area contributed by atoms with Crippen LogP contribution in [0.25, 0.3) is 6.08 Å². The molecule has 6 heteroatoms. The van der Waals surface area contributed by atoms with Gasteiger partial charge in [0.2, 0.25) is 0 Å². The number of benzene rings is 2. The summed E-state index contributed by atoms with van der Waals surface area (Å²) >= 11 is 11.8. The van der Waals surface area contributed by atoms with Crippen molar-refractivity contribution in [1.82, 2.24) is 0 Å². The van der Waals surface area contributed by atoms with Crippen LogP contribution in [-0.4, -0.2) is 20.0 Å². The summed E-state index contributed by atoms with van der Waals surface area (Å²) in [7, 11) is 3.88. The number of carbonyl (C=O) groups is 1. The number of nitrogens with zero attached hydrogens (tertiary/aromatic N) is 2. The number of nitrogens with one attached hydrogen (secondary N) is 1. The molecule has 0 aliphatic carbocycles. The number of anilines is 2. The van der Waals surface area contributed by atoms with Crippen molar-refractivity contribution < 1.29 is 4.79 Å². The second kappa shape index (κ2) is 7.87. The van der Waals surface area contributed by atoms with Crippen molar-refractivity contribution in [2.24, 2.45) is 0 Å². The zero-order valence-corrected chi connectivity index (χ0v) is 14.7. The quantitative estimate of drug-likeness (QED) is 0.640. The van der Waals surface area contributed by atoms with Crippen molar-refractivity contribution >= 4 is 46.6 Å². The number of halogens is 2. The number of nitriles is 1. The molecule has 0 spiro atoms. The summed E-state index contributed by atoms with van der Waals surface area (Å²) in [4.78, 5) is 14.2. The first kappa shape index (κ1) is 17.9. The first-order chi connectivity index (χ1) is 11.4. The maximum absolute atomic E-state index is 12.2. The molecule has 0 aliphatic heterocycles. The number of carbonyl (C=O) groups excluding carboxylic acids is 1. The topological polar surface area (TPSA) is 56.1 Å². The van der Waals surface area contributed by atoms with E-state index in [1.807, 2.05) is 49.3 Å². The second-order valence-corrected chi connectivity index (χ2v) is 6.05. The highest BCUT2D eigenvalue weighted by Gasteiger charge is 2.10. The molecule has 0 saturated heterocycles. The van der Waals surface area contributed by atoms with E-state index >= 15 is 0 Å². The van der Waals surface area contributed by atoms with Crippen molar-refractivity contribution in [3.8, 4) is 6.07 Å². The average molecular weight is 360 g/mol. The van der Waals surface area contributed by atoms with Crippen molar-refractivity contribution in [2.75, 3.05) is 24.3 Å². The van der Waals surface area contributed by atoms with Crippen LogP contribution in [0.1, 0.15) is 5.56 Å². The molecule has 4 nitrogen and oxygen atoms in total. The molecule has 0 aliphatic rings. The van der Waals surface area contributed by atoms with E-state index in [-0.39, 0.29) is 5.57 Å². The van der Waals surface area contributed by atoms with Crippen LogP contribution in [0.4, 0.5) is 11.4 Å². The molecule has 0 radical (unpaired) electrons. The van der Waals surface area contributed by atoms with Crippen LogP contribution in [0.15, 0.2) is 48.0 Å². The summed E-state index contributed by atoms with van der Waals surface area (Å²) in [6.07, 6.45) is 1.53. The van der Waals surface area contributed by atoms with E-state index in [2.05, 4.69) is 5.32 Å². The minimum atomic E-state index is -0.507. The van der Waals surface area contributed by atoms with E-state index in [4.69, 9.17) is 23.2 Å². The van der Waals surface area contributed by atoms with Crippen LogP contribution in [0.3, 0.4) is 0 Å². The molecule has 2 rings (SSSR count). The zero-order valence-electron chi connectivity index (χ0n) is 13.2. The lowest BCUT2D eigenvalue weighted by Gasteiger charge is -2.12. The number of rotatable bonds is 4. The Balaban J connectivity index is 2.18. The van der Waals surface area contributed by atoms with Gasteiger partial charge in [0.1, 0.15) is 11.6 Å². The van der Waals surface area contributed by atoms with E-state index in [0.717, 1.165) is 11.3 Å². The number of hydrogen-bond acceptors (Lipinski definition) is 3. The molecular formula is C18H15Cl2N3O. The predicted octanol–water partition coefficient (Wildman–Crippen LogP) is 4.61. The minimum absolute atomic E-state index is 0.00123. The standard InChI is InChI=1S/C18H15Cl2N3O/c1-23(2)15-6-3-12(4-7-15)9-13(11-21)18(24)22-14-5-8-16(19)17(20)10-14/h3-10H,1-2H3,(H,22,24)/b13-9-. The lowest BCUT2D eigenvalue weighted by Crippen LogP contribution is -2.13. The Labute approximate surface area is 150 Å². The molecule has 122 valence electrons. The fraction of sp³-hybridized carbons (Fsp3) is 0.111. The Kier molecular flexibility index (Phi) is 5.86.